The third-order valence-electron chi connectivity index (χ3n) is 2.73. The lowest BCUT2D eigenvalue weighted by Gasteiger charge is -2.05. The molecule has 5 nitrogen and oxygen atoms in total. The van der Waals surface area contributed by atoms with Gasteiger partial charge in [-0.25, -0.2) is 0 Å². The summed E-state index contributed by atoms with van der Waals surface area (Å²) in [5.41, 5.74) is 1.40. The molecular weight excluding hydrogens is 246 g/mol. The molecule has 0 saturated heterocycles. The van der Waals surface area contributed by atoms with Crippen LogP contribution in [0.15, 0.2) is 34.9 Å². The first-order valence-corrected chi connectivity index (χ1v) is 5.89. The normalized spacial score (nSPS) is 10.2. The van der Waals surface area contributed by atoms with Crippen LogP contribution >= 0.6 is 0 Å². The molecule has 0 aliphatic carbocycles. The van der Waals surface area contributed by atoms with E-state index in [2.05, 4.69) is 9.89 Å². The molecule has 5 heteroatoms. The van der Waals surface area contributed by atoms with E-state index in [4.69, 9.17) is 9.26 Å². The van der Waals surface area contributed by atoms with Crippen LogP contribution in [-0.4, -0.2) is 18.2 Å². The highest BCUT2D eigenvalue weighted by Gasteiger charge is 2.17. The molecule has 0 unspecified atom stereocenters. The Labute approximate surface area is 111 Å². The Hall–Kier alpha value is -2.30. The van der Waals surface area contributed by atoms with Gasteiger partial charge in [0.2, 0.25) is 0 Å². The Morgan fingerprint density at radius 3 is 2.74 bits per heavy atom. The zero-order valence-corrected chi connectivity index (χ0v) is 10.9. The van der Waals surface area contributed by atoms with Gasteiger partial charge in [0.1, 0.15) is 12.4 Å². The zero-order chi connectivity index (χ0) is 13.7. The Morgan fingerprint density at radius 2 is 2.05 bits per heavy atom. The van der Waals surface area contributed by atoms with E-state index in [0.717, 1.165) is 11.3 Å². The van der Waals surface area contributed by atoms with Crippen LogP contribution in [0.4, 0.5) is 0 Å². The van der Waals surface area contributed by atoms with Crippen molar-refractivity contribution in [3.05, 3.63) is 47.3 Å². The minimum Gasteiger partial charge on any atom is -0.486 e. The van der Waals surface area contributed by atoms with Crippen LogP contribution in [0.5, 0.6) is 5.75 Å². The molecule has 2 rings (SSSR count). The van der Waals surface area contributed by atoms with Crippen LogP contribution in [0.1, 0.15) is 17.0 Å². The fourth-order valence-electron chi connectivity index (χ4n) is 1.66. The molecule has 1 aromatic heterocycles. The first-order chi connectivity index (χ1) is 9.20. The first-order valence-electron chi connectivity index (χ1n) is 5.89. The van der Waals surface area contributed by atoms with Gasteiger partial charge in [0.05, 0.1) is 19.2 Å². The molecule has 0 spiro atoms. The van der Waals surface area contributed by atoms with Gasteiger partial charge in [-0.3, -0.25) is 4.79 Å². The van der Waals surface area contributed by atoms with Gasteiger partial charge >= 0.3 is 5.97 Å². The number of aromatic nitrogens is 1. The minimum absolute atomic E-state index is 0.138. The molecular formula is C14H15NO4. The summed E-state index contributed by atoms with van der Waals surface area (Å²) in [5.74, 6) is 0.958. The second-order valence-electron chi connectivity index (χ2n) is 4.02. The van der Waals surface area contributed by atoms with E-state index >= 15 is 0 Å². The topological polar surface area (TPSA) is 61.6 Å². The predicted octanol–water partition coefficient (Wildman–Crippen LogP) is 2.28. The average Bonchev–Trinajstić information content (AvgIpc) is 2.78. The maximum atomic E-state index is 11.3. The molecule has 0 saturated carbocycles. The molecule has 1 aromatic carbocycles. The van der Waals surface area contributed by atoms with Crippen LogP contribution in [0.25, 0.3) is 0 Å². The van der Waals surface area contributed by atoms with Crippen molar-refractivity contribution in [1.82, 2.24) is 5.16 Å². The molecule has 0 N–H and O–H groups in total. The number of hydrogen-bond acceptors (Lipinski definition) is 5. The summed E-state index contributed by atoms with van der Waals surface area (Å²) < 4.78 is 15.4. The highest BCUT2D eigenvalue weighted by atomic mass is 16.5. The number of aryl methyl sites for hydroxylation is 1. The standard InChI is InChI=1S/C14H15NO4/c1-10-12(8-14(16)17-2)13(19-15-10)9-18-11-6-4-3-5-7-11/h3-7H,8-9H2,1-2H3. The molecule has 0 radical (unpaired) electrons. The largest absolute Gasteiger partial charge is 0.486 e. The molecule has 1 heterocycles. The van der Waals surface area contributed by atoms with Crippen molar-refractivity contribution in [2.45, 2.75) is 20.0 Å². The van der Waals surface area contributed by atoms with E-state index in [0.29, 0.717) is 11.5 Å². The molecule has 0 aliphatic heterocycles. The second-order valence-corrected chi connectivity index (χ2v) is 4.02. The van der Waals surface area contributed by atoms with Crippen molar-refractivity contribution < 1.29 is 18.8 Å². The first kappa shape index (κ1) is 13.1. The number of para-hydroxylation sites is 1. The van der Waals surface area contributed by atoms with Gasteiger partial charge in [-0.05, 0) is 19.1 Å². The van der Waals surface area contributed by atoms with Gasteiger partial charge in [0, 0.05) is 5.56 Å². The SMILES string of the molecule is COC(=O)Cc1c(C)noc1COc1ccccc1. The number of methoxy groups -OCH3 is 1. The Morgan fingerprint density at radius 1 is 1.32 bits per heavy atom. The fourth-order valence-corrected chi connectivity index (χ4v) is 1.66. The summed E-state index contributed by atoms with van der Waals surface area (Å²) in [5, 5.41) is 3.85. The van der Waals surface area contributed by atoms with E-state index < -0.39 is 0 Å². The maximum absolute atomic E-state index is 11.3. The number of carbonyl (C=O) groups excluding carboxylic acids is 1. The Bertz CT molecular complexity index is 548. The smallest absolute Gasteiger partial charge is 0.310 e. The van der Waals surface area contributed by atoms with Gasteiger partial charge in [0.25, 0.3) is 0 Å². The van der Waals surface area contributed by atoms with Crippen molar-refractivity contribution in [3.63, 3.8) is 0 Å². The third kappa shape index (κ3) is 3.34. The van der Waals surface area contributed by atoms with Crippen LogP contribution in [-0.2, 0) is 22.6 Å². The van der Waals surface area contributed by atoms with Crippen molar-refractivity contribution in [2.24, 2.45) is 0 Å². The van der Waals surface area contributed by atoms with E-state index in [1.165, 1.54) is 7.11 Å². The lowest BCUT2D eigenvalue weighted by molar-refractivity contribution is -0.139. The van der Waals surface area contributed by atoms with Gasteiger partial charge in [-0.1, -0.05) is 23.4 Å². The van der Waals surface area contributed by atoms with Gasteiger partial charge < -0.3 is 14.0 Å². The number of esters is 1. The fraction of sp³-hybridized carbons (Fsp3) is 0.286. The van der Waals surface area contributed by atoms with E-state index in [9.17, 15) is 4.79 Å². The summed E-state index contributed by atoms with van der Waals surface area (Å²) in [4.78, 5) is 11.3. The van der Waals surface area contributed by atoms with E-state index in [1.807, 2.05) is 30.3 Å². The average molecular weight is 261 g/mol. The van der Waals surface area contributed by atoms with Crippen LogP contribution in [0.3, 0.4) is 0 Å². The van der Waals surface area contributed by atoms with E-state index in [1.54, 1.807) is 6.92 Å². The molecule has 100 valence electrons. The molecule has 0 fully saturated rings. The van der Waals surface area contributed by atoms with Crippen LogP contribution < -0.4 is 4.74 Å². The number of rotatable bonds is 5. The summed E-state index contributed by atoms with van der Waals surface area (Å²) in [7, 11) is 1.35. The maximum Gasteiger partial charge on any atom is 0.310 e. The van der Waals surface area contributed by atoms with Crippen molar-refractivity contribution in [1.29, 1.82) is 0 Å². The second kappa shape index (κ2) is 6.04. The zero-order valence-electron chi connectivity index (χ0n) is 10.9. The quantitative estimate of drug-likeness (QED) is 0.773. The molecule has 0 bridgehead atoms. The van der Waals surface area contributed by atoms with Crippen molar-refractivity contribution in [3.8, 4) is 5.75 Å². The number of ether oxygens (including phenoxy) is 2. The monoisotopic (exact) mass is 261 g/mol. The third-order valence-corrected chi connectivity index (χ3v) is 2.73. The molecule has 2 aromatic rings. The highest BCUT2D eigenvalue weighted by molar-refractivity contribution is 5.72. The van der Waals surface area contributed by atoms with Gasteiger partial charge in [-0.15, -0.1) is 0 Å². The molecule has 0 aliphatic rings. The molecule has 0 atom stereocenters. The highest BCUT2D eigenvalue weighted by Crippen LogP contribution is 2.18. The van der Waals surface area contributed by atoms with Crippen molar-refractivity contribution in [2.75, 3.05) is 7.11 Å². The minimum atomic E-state index is -0.327. The lowest BCUT2D eigenvalue weighted by Crippen LogP contribution is -2.07. The summed E-state index contributed by atoms with van der Waals surface area (Å²) in [6.45, 7) is 2.02. The molecule has 0 amide bonds. The van der Waals surface area contributed by atoms with Gasteiger partial charge in [0.15, 0.2) is 5.76 Å². The summed E-state index contributed by atoms with van der Waals surface area (Å²) in [6.07, 6.45) is 0.138. The predicted molar refractivity (Wildman–Crippen MR) is 67.7 cm³/mol. The summed E-state index contributed by atoms with van der Waals surface area (Å²) in [6, 6.07) is 9.38. The Kier molecular flexibility index (Phi) is 4.18. The van der Waals surface area contributed by atoms with Crippen LogP contribution in [0, 0.1) is 6.92 Å². The lowest BCUT2D eigenvalue weighted by atomic mass is 10.1. The van der Waals surface area contributed by atoms with Crippen molar-refractivity contribution >= 4 is 5.97 Å². The Balaban J connectivity index is 2.06. The number of hydrogen-bond donors (Lipinski definition) is 0. The number of benzene rings is 1. The van der Waals surface area contributed by atoms with E-state index in [-0.39, 0.29) is 19.0 Å². The van der Waals surface area contributed by atoms with Gasteiger partial charge in [-0.2, -0.15) is 0 Å². The summed E-state index contributed by atoms with van der Waals surface area (Å²) >= 11 is 0. The molecule has 19 heavy (non-hydrogen) atoms. The number of carbonyl (C=O) groups is 1. The van der Waals surface area contributed by atoms with Crippen LogP contribution in [0.2, 0.25) is 0 Å². The number of nitrogens with zero attached hydrogens (tertiary/aromatic N) is 1.